The molecule has 4 nitrogen and oxygen atoms in total. The van der Waals surface area contributed by atoms with Crippen LogP contribution in [0.2, 0.25) is 0 Å². The third kappa shape index (κ3) is 7.67. The lowest BCUT2D eigenvalue weighted by Gasteiger charge is -2.43. The Morgan fingerprint density at radius 1 is 1.45 bits per heavy atom. The van der Waals surface area contributed by atoms with Crippen molar-refractivity contribution in [2.45, 2.75) is 58.5 Å². The highest BCUT2D eigenvalue weighted by atomic mass is 35.5. The van der Waals surface area contributed by atoms with E-state index in [1.54, 1.807) is 0 Å². The molecule has 1 rings (SSSR count). The van der Waals surface area contributed by atoms with Gasteiger partial charge in [0.2, 0.25) is 5.91 Å². The summed E-state index contributed by atoms with van der Waals surface area (Å²) in [6.45, 7) is 11.5. The van der Waals surface area contributed by atoms with E-state index in [1.165, 1.54) is 12.8 Å². The van der Waals surface area contributed by atoms with Gasteiger partial charge in [-0.2, -0.15) is 0 Å². The minimum atomic E-state index is -0.0666. The third-order valence-electron chi connectivity index (χ3n) is 3.74. The van der Waals surface area contributed by atoms with Gasteiger partial charge in [-0.1, -0.05) is 6.92 Å². The number of likely N-dealkylation sites (tertiary alicyclic amines) is 1. The molecule has 6 heteroatoms. The lowest BCUT2D eigenvalue weighted by molar-refractivity contribution is -0.122. The number of carbonyl (C=O) groups is 1. The maximum absolute atomic E-state index is 11.6. The molecule has 2 atom stereocenters. The van der Waals surface area contributed by atoms with Gasteiger partial charge in [-0.15, -0.1) is 24.8 Å². The third-order valence-corrected chi connectivity index (χ3v) is 3.74. The second kappa shape index (κ2) is 9.82. The molecule has 1 aliphatic rings. The Morgan fingerprint density at radius 3 is 2.55 bits per heavy atom. The van der Waals surface area contributed by atoms with Crippen LogP contribution in [0.1, 0.15) is 47.0 Å². The van der Waals surface area contributed by atoms with Crippen LogP contribution in [-0.2, 0) is 4.79 Å². The van der Waals surface area contributed by atoms with Gasteiger partial charge in [-0.25, -0.2) is 0 Å². The number of hydrogen-bond donors (Lipinski definition) is 2. The second-order valence-corrected chi connectivity index (χ2v) is 6.46. The van der Waals surface area contributed by atoms with Crippen molar-refractivity contribution in [2.24, 2.45) is 11.7 Å². The molecule has 0 aromatic rings. The van der Waals surface area contributed by atoms with E-state index in [2.05, 4.69) is 31.0 Å². The molecule has 1 heterocycles. The molecule has 0 spiro atoms. The summed E-state index contributed by atoms with van der Waals surface area (Å²) in [6, 6.07) is -0.0666. The van der Waals surface area contributed by atoms with Crippen LogP contribution in [0.15, 0.2) is 0 Å². The van der Waals surface area contributed by atoms with Crippen molar-refractivity contribution >= 4 is 30.7 Å². The smallest absolute Gasteiger partial charge is 0.221 e. The SMILES string of the molecule is CC(N)CC(=O)NCC(C)(C)N1CCCC(C)C1.Cl.Cl. The van der Waals surface area contributed by atoms with Crippen LogP contribution in [0, 0.1) is 5.92 Å². The molecule has 122 valence electrons. The van der Waals surface area contributed by atoms with Gasteiger partial charge < -0.3 is 11.1 Å². The van der Waals surface area contributed by atoms with Gasteiger partial charge in [0.05, 0.1) is 0 Å². The fourth-order valence-corrected chi connectivity index (χ4v) is 2.53. The normalized spacial score (nSPS) is 21.4. The number of amides is 1. The van der Waals surface area contributed by atoms with Crippen molar-refractivity contribution in [2.75, 3.05) is 19.6 Å². The molecule has 20 heavy (non-hydrogen) atoms. The van der Waals surface area contributed by atoms with Crippen molar-refractivity contribution in [3.63, 3.8) is 0 Å². The first kappa shape index (κ1) is 22.3. The average Bonchev–Trinajstić information content (AvgIpc) is 2.26. The summed E-state index contributed by atoms with van der Waals surface area (Å²) in [5, 5.41) is 3.01. The minimum absolute atomic E-state index is 0. The highest BCUT2D eigenvalue weighted by Crippen LogP contribution is 2.23. The van der Waals surface area contributed by atoms with Crippen LogP contribution >= 0.6 is 24.8 Å². The molecule has 0 bridgehead atoms. The average molecular weight is 328 g/mol. The van der Waals surface area contributed by atoms with Crippen molar-refractivity contribution in [3.05, 3.63) is 0 Å². The molecule has 0 radical (unpaired) electrons. The number of rotatable bonds is 5. The minimum Gasteiger partial charge on any atom is -0.354 e. The zero-order valence-electron chi connectivity index (χ0n) is 13.1. The number of carbonyl (C=O) groups excluding carboxylic acids is 1. The highest BCUT2D eigenvalue weighted by Gasteiger charge is 2.30. The Kier molecular flexibility index (Phi) is 10.9. The molecule has 1 saturated heterocycles. The zero-order chi connectivity index (χ0) is 13.8. The van der Waals surface area contributed by atoms with E-state index in [-0.39, 0.29) is 42.3 Å². The maximum Gasteiger partial charge on any atom is 0.221 e. The number of piperidine rings is 1. The predicted molar refractivity (Wildman–Crippen MR) is 89.8 cm³/mol. The van der Waals surface area contributed by atoms with Gasteiger partial charge in [0.15, 0.2) is 0 Å². The molecule has 1 amide bonds. The Bertz CT molecular complexity index is 286. The van der Waals surface area contributed by atoms with Crippen LogP contribution in [0.25, 0.3) is 0 Å². The van der Waals surface area contributed by atoms with Crippen LogP contribution in [0.3, 0.4) is 0 Å². The molecular formula is C14H31Cl2N3O. The molecule has 0 saturated carbocycles. The Balaban J connectivity index is 0. The fourth-order valence-electron chi connectivity index (χ4n) is 2.53. The van der Waals surface area contributed by atoms with E-state index in [0.717, 1.165) is 19.0 Å². The maximum atomic E-state index is 11.6. The van der Waals surface area contributed by atoms with Gasteiger partial charge in [-0.05, 0) is 46.1 Å². The number of nitrogens with one attached hydrogen (secondary N) is 1. The number of hydrogen-bond acceptors (Lipinski definition) is 3. The lowest BCUT2D eigenvalue weighted by Crippen LogP contribution is -2.54. The van der Waals surface area contributed by atoms with Crippen molar-refractivity contribution in [1.82, 2.24) is 10.2 Å². The molecule has 3 N–H and O–H groups in total. The summed E-state index contributed by atoms with van der Waals surface area (Å²) in [6.07, 6.45) is 2.99. The molecule has 1 fully saturated rings. The van der Waals surface area contributed by atoms with Crippen molar-refractivity contribution < 1.29 is 4.79 Å². The summed E-state index contributed by atoms with van der Waals surface area (Å²) in [7, 11) is 0. The zero-order valence-corrected chi connectivity index (χ0v) is 14.8. The molecular weight excluding hydrogens is 297 g/mol. The number of nitrogens with zero attached hydrogens (tertiary/aromatic N) is 1. The Hall–Kier alpha value is -0.0300. The Morgan fingerprint density at radius 2 is 2.05 bits per heavy atom. The summed E-state index contributed by atoms with van der Waals surface area (Å²) >= 11 is 0. The molecule has 0 aromatic heterocycles. The first-order valence-corrected chi connectivity index (χ1v) is 7.08. The standard InChI is InChI=1S/C14H29N3O.2ClH/c1-11-6-5-7-17(9-11)14(3,4)10-16-13(18)8-12(2)15;;/h11-12H,5-10,15H2,1-4H3,(H,16,18);2*1H. The van der Waals surface area contributed by atoms with E-state index < -0.39 is 0 Å². The molecule has 2 unspecified atom stereocenters. The van der Waals surface area contributed by atoms with Crippen LogP contribution in [0.4, 0.5) is 0 Å². The van der Waals surface area contributed by atoms with Crippen LogP contribution < -0.4 is 11.1 Å². The predicted octanol–water partition coefficient (Wildman–Crippen LogP) is 2.19. The van der Waals surface area contributed by atoms with Crippen molar-refractivity contribution in [1.29, 1.82) is 0 Å². The topological polar surface area (TPSA) is 58.4 Å². The van der Waals surface area contributed by atoms with E-state index in [0.29, 0.717) is 13.0 Å². The first-order chi connectivity index (χ1) is 8.31. The monoisotopic (exact) mass is 327 g/mol. The van der Waals surface area contributed by atoms with E-state index in [4.69, 9.17) is 5.73 Å². The van der Waals surface area contributed by atoms with Gasteiger partial charge >= 0.3 is 0 Å². The second-order valence-electron chi connectivity index (χ2n) is 6.46. The summed E-state index contributed by atoms with van der Waals surface area (Å²) in [5.41, 5.74) is 5.65. The number of halogens is 2. The highest BCUT2D eigenvalue weighted by molar-refractivity contribution is 5.85. The van der Waals surface area contributed by atoms with E-state index in [9.17, 15) is 4.79 Å². The van der Waals surface area contributed by atoms with E-state index >= 15 is 0 Å². The van der Waals surface area contributed by atoms with E-state index in [1.807, 2.05) is 6.92 Å². The molecule has 0 aliphatic carbocycles. The van der Waals surface area contributed by atoms with Gasteiger partial charge in [0.25, 0.3) is 0 Å². The quantitative estimate of drug-likeness (QED) is 0.813. The largest absolute Gasteiger partial charge is 0.354 e. The fraction of sp³-hybridized carbons (Fsp3) is 0.929. The van der Waals surface area contributed by atoms with Gasteiger partial charge in [-0.3, -0.25) is 9.69 Å². The van der Waals surface area contributed by atoms with Crippen LogP contribution in [0.5, 0.6) is 0 Å². The number of nitrogens with two attached hydrogens (primary N) is 1. The van der Waals surface area contributed by atoms with Gasteiger partial charge in [0.1, 0.15) is 0 Å². The molecule has 0 aromatic carbocycles. The molecule has 1 aliphatic heterocycles. The summed E-state index contributed by atoms with van der Waals surface area (Å²) in [5.74, 6) is 0.820. The lowest BCUT2D eigenvalue weighted by atomic mass is 9.93. The Labute approximate surface area is 136 Å². The first-order valence-electron chi connectivity index (χ1n) is 7.08. The summed E-state index contributed by atoms with van der Waals surface area (Å²) in [4.78, 5) is 14.1. The van der Waals surface area contributed by atoms with Crippen molar-refractivity contribution in [3.8, 4) is 0 Å². The summed E-state index contributed by atoms with van der Waals surface area (Å²) < 4.78 is 0. The van der Waals surface area contributed by atoms with Gasteiger partial charge in [0, 0.05) is 31.1 Å². The van der Waals surface area contributed by atoms with Crippen LogP contribution in [-0.4, -0.2) is 42.0 Å².